The highest BCUT2D eigenvalue weighted by Gasteiger charge is 2.30. The van der Waals surface area contributed by atoms with Gasteiger partial charge < -0.3 is 4.90 Å². The van der Waals surface area contributed by atoms with Gasteiger partial charge in [-0.05, 0) is 31.7 Å². The Balaban J connectivity index is 1.58. The summed E-state index contributed by atoms with van der Waals surface area (Å²) in [6.07, 6.45) is 6.32. The number of rotatable bonds is 4. The number of anilines is 1. The second-order valence-electron chi connectivity index (χ2n) is 8.55. The molecule has 1 atom stereocenters. The van der Waals surface area contributed by atoms with Crippen LogP contribution in [0, 0.1) is 0 Å². The van der Waals surface area contributed by atoms with Crippen LogP contribution in [0.3, 0.4) is 0 Å². The van der Waals surface area contributed by atoms with Gasteiger partial charge in [-0.3, -0.25) is 4.79 Å². The molecule has 2 aromatic rings. The minimum Gasteiger partial charge on any atom is -0.352 e. The number of nitrogens with zero attached hydrogens (tertiary/aromatic N) is 5. The summed E-state index contributed by atoms with van der Waals surface area (Å²) >= 11 is 0. The summed E-state index contributed by atoms with van der Waals surface area (Å²) in [7, 11) is 0. The van der Waals surface area contributed by atoms with Gasteiger partial charge in [0.2, 0.25) is 0 Å². The average molecular weight is 353 g/mol. The van der Waals surface area contributed by atoms with Gasteiger partial charge in [-0.15, -0.1) is 0 Å². The molecule has 0 spiro atoms. The molecule has 2 aromatic heterocycles. The fraction of sp³-hybridized carbons (Fsp3) is 0.600. The van der Waals surface area contributed by atoms with E-state index in [1.165, 1.54) is 12.8 Å². The standard InChI is InChI=1S/C20H27N5O/c1-20(2,3)17-8-9-19(26)25(23-17)12-15-5-4-10-24(15)18-11-16(14-6-7-14)21-13-22-18/h8-9,11,13-15H,4-7,10,12H2,1-3H3. The Morgan fingerprint density at radius 1 is 1.15 bits per heavy atom. The van der Waals surface area contributed by atoms with Crippen LogP contribution >= 0.6 is 0 Å². The molecular weight excluding hydrogens is 326 g/mol. The van der Waals surface area contributed by atoms with Crippen molar-refractivity contribution in [3.05, 3.63) is 46.3 Å². The SMILES string of the molecule is CC(C)(C)c1ccc(=O)n(CC2CCCN2c2cc(C3CC3)ncn2)n1. The fourth-order valence-electron chi connectivity index (χ4n) is 3.63. The van der Waals surface area contributed by atoms with Crippen molar-refractivity contribution >= 4 is 5.82 Å². The summed E-state index contributed by atoms with van der Waals surface area (Å²) in [6.45, 7) is 7.93. The van der Waals surface area contributed by atoms with E-state index in [1.807, 2.05) is 6.07 Å². The van der Waals surface area contributed by atoms with Crippen LogP contribution in [0.2, 0.25) is 0 Å². The molecule has 1 aliphatic heterocycles. The summed E-state index contributed by atoms with van der Waals surface area (Å²) < 4.78 is 1.63. The maximum Gasteiger partial charge on any atom is 0.266 e. The van der Waals surface area contributed by atoms with E-state index in [4.69, 9.17) is 0 Å². The van der Waals surface area contributed by atoms with E-state index in [-0.39, 0.29) is 17.0 Å². The number of hydrogen-bond acceptors (Lipinski definition) is 5. The Hall–Kier alpha value is -2.24. The summed E-state index contributed by atoms with van der Waals surface area (Å²) in [5.41, 5.74) is 1.99. The van der Waals surface area contributed by atoms with E-state index in [1.54, 1.807) is 17.1 Å². The van der Waals surface area contributed by atoms with Gasteiger partial charge in [0.05, 0.1) is 18.3 Å². The smallest absolute Gasteiger partial charge is 0.266 e. The molecule has 1 saturated carbocycles. The monoisotopic (exact) mass is 353 g/mol. The third-order valence-corrected chi connectivity index (χ3v) is 5.36. The molecule has 26 heavy (non-hydrogen) atoms. The molecule has 1 aliphatic carbocycles. The lowest BCUT2D eigenvalue weighted by atomic mass is 9.92. The van der Waals surface area contributed by atoms with E-state index in [9.17, 15) is 4.79 Å². The van der Waals surface area contributed by atoms with Crippen LogP contribution < -0.4 is 10.5 Å². The molecule has 0 bridgehead atoms. The first-order chi connectivity index (χ1) is 12.4. The molecule has 0 N–H and O–H groups in total. The molecular formula is C20H27N5O. The van der Waals surface area contributed by atoms with Crippen molar-refractivity contribution in [1.29, 1.82) is 0 Å². The van der Waals surface area contributed by atoms with Gasteiger partial charge in [0.25, 0.3) is 5.56 Å². The molecule has 3 heterocycles. The zero-order valence-corrected chi connectivity index (χ0v) is 15.9. The second-order valence-corrected chi connectivity index (χ2v) is 8.55. The van der Waals surface area contributed by atoms with E-state index >= 15 is 0 Å². The van der Waals surface area contributed by atoms with Crippen LogP contribution in [-0.4, -0.2) is 32.3 Å². The van der Waals surface area contributed by atoms with Gasteiger partial charge in [-0.1, -0.05) is 20.8 Å². The van der Waals surface area contributed by atoms with E-state index < -0.39 is 0 Å². The fourth-order valence-corrected chi connectivity index (χ4v) is 3.63. The highest BCUT2D eigenvalue weighted by atomic mass is 16.1. The zero-order chi connectivity index (χ0) is 18.3. The van der Waals surface area contributed by atoms with Crippen molar-refractivity contribution in [2.24, 2.45) is 0 Å². The molecule has 2 aliphatic rings. The van der Waals surface area contributed by atoms with Crippen molar-refractivity contribution < 1.29 is 0 Å². The summed E-state index contributed by atoms with van der Waals surface area (Å²) in [5.74, 6) is 1.61. The third-order valence-electron chi connectivity index (χ3n) is 5.36. The molecule has 1 saturated heterocycles. The minimum absolute atomic E-state index is 0.0359. The van der Waals surface area contributed by atoms with Crippen LogP contribution in [0.4, 0.5) is 5.82 Å². The Morgan fingerprint density at radius 2 is 1.96 bits per heavy atom. The summed E-state index contributed by atoms with van der Waals surface area (Å²) in [4.78, 5) is 23.6. The zero-order valence-electron chi connectivity index (χ0n) is 15.9. The predicted octanol–water partition coefficient (Wildman–Crippen LogP) is 2.88. The molecule has 0 radical (unpaired) electrons. The number of hydrogen-bond donors (Lipinski definition) is 0. The molecule has 6 heteroatoms. The normalized spacial score (nSPS) is 20.6. The lowest BCUT2D eigenvalue weighted by Gasteiger charge is -2.27. The molecule has 138 valence electrons. The highest BCUT2D eigenvalue weighted by molar-refractivity contribution is 5.42. The van der Waals surface area contributed by atoms with E-state index in [2.05, 4.69) is 46.8 Å². The quantitative estimate of drug-likeness (QED) is 0.846. The maximum absolute atomic E-state index is 12.3. The van der Waals surface area contributed by atoms with Crippen molar-refractivity contribution in [3.63, 3.8) is 0 Å². The Bertz CT molecular complexity index is 850. The Morgan fingerprint density at radius 3 is 2.69 bits per heavy atom. The van der Waals surface area contributed by atoms with Gasteiger partial charge in [-0.25, -0.2) is 14.6 Å². The van der Waals surface area contributed by atoms with Crippen LogP contribution in [0.25, 0.3) is 0 Å². The minimum atomic E-state index is -0.0728. The highest BCUT2D eigenvalue weighted by Crippen LogP contribution is 2.40. The molecule has 1 unspecified atom stereocenters. The lowest BCUT2D eigenvalue weighted by Crippen LogP contribution is -2.38. The number of aromatic nitrogens is 4. The van der Waals surface area contributed by atoms with Crippen molar-refractivity contribution in [2.75, 3.05) is 11.4 Å². The van der Waals surface area contributed by atoms with Crippen molar-refractivity contribution in [3.8, 4) is 0 Å². The molecule has 2 fully saturated rings. The molecule has 4 rings (SSSR count). The first-order valence-electron chi connectivity index (χ1n) is 9.59. The third kappa shape index (κ3) is 3.50. The van der Waals surface area contributed by atoms with Gasteiger partial charge in [0, 0.05) is 35.7 Å². The van der Waals surface area contributed by atoms with Crippen LogP contribution in [-0.2, 0) is 12.0 Å². The van der Waals surface area contributed by atoms with Gasteiger partial charge in [0.15, 0.2) is 0 Å². The van der Waals surface area contributed by atoms with Crippen molar-refractivity contribution in [2.45, 2.75) is 70.4 Å². The first-order valence-corrected chi connectivity index (χ1v) is 9.59. The van der Waals surface area contributed by atoms with Crippen LogP contribution in [0.5, 0.6) is 0 Å². The van der Waals surface area contributed by atoms with Crippen molar-refractivity contribution in [1.82, 2.24) is 19.7 Å². The van der Waals surface area contributed by atoms with Gasteiger partial charge in [-0.2, -0.15) is 5.10 Å². The first kappa shape index (κ1) is 17.2. The van der Waals surface area contributed by atoms with E-state index in [0.29, 0.717) is 12.5 Å². The topological polar surface area (TPSA) is 63.9 Å². The summed E-state index contributed by atoms with van der Waals surface area (Å²) in [6, 6.07) is 5.87. The molecule has 0 amide bonds. The summed E-state index contributed by atoms with van der Waals surface area (Å²) in [5, 5.41) is 4.64. The molecule has 6 nitrogen and oxygen atoms in total. The predicted molar refractivity (Wildman–Crippen MR) is 102 cm³/mol. The Labute approximate surface area is 154 Å². The van der Waals surface area contributed by atoms with Gasteiger partial charge in [0.1, 0.15) is 12.1 Å². The second kappa shape index (κ2) is 6.49. The average Bonchev–Trinajstić information content (AvgIpc) is 3.35. The lowest BCUT2D eigenvalue weighted by molar-refractivity contribution is 0.456. The Kier molecular flexibility index (Phi) is 4.29. The van der Waals surface area contributed by atoms with Gasteiger partial charge >= 0.3 is 0 Å². The molecule has 0 aromatic carbocycles. The van der Waals surface area contributed by atoms with Crippen LogP contribution in [0.15, 0.2) is 29.3 Å². The maximum atomic E-state index is 12.3. The van der Waals surface area contributed by atoms with Crippen LogP contribution in [0.1, 0.15) is 63.8 Å². The largest absolute Gasteiger partial charge is 0.352 e. The van der Waals surface area contributed by atoms with E-state index in [0.717, 1.165) is 36.6 Å².